The van der Waals surface area contributed by atoms with Crippen LogP contribution >= 0.6 is 11.3 Å². The molecule has 0 saturated carbocycles. The second kappa shape index (κ2) is 10.2. The monoisotopic (exact) mass is 489 g/mol. The lowest BCUT2D eigenvalue weighted by atomic mass is 10.2. The summed E-state index contributed by atoms with van der Waals surface area (Å²) in [5, 5.41) is 0.528. The molecule has 0 aliphatic carbocycles. The van der Waals surface area contributed by atoms with Crippen molar-refractivity contribution in [3.05, 3.63) is 48.0 Å². The summed E-state index contributed by atoms with van der Waals surface area (Å²) in [5.41, 5.74) is 0.912. The normalized spacial score (nSPS) is 15.0. The Kier molecular flexibility index (Phi) is 7.28. The third-order valence-electron chi connectivity index (χ3n) is 5.40. The van der Waals surface area contributed by atoms with E-state index < -0.39 is 9.84 Å². The number of morpholine rings is 1. The highest BCUT2D eigenvalue weighted by molar-refractivity contribution is 7.90. The lowest BCUT2D eigenvalue weighted by molar-refractivity contribution is 0.0391. The second-order valence-corrected chi connectivity index (χ2v) is 10.7. The number of ether oxygens (including phenoxy) is 2. The van der Waals surface area contributed by atoms with Gasteiger partial charge < -0.3 is 9.47 Å². The summed E-state index contributed by atoms with van der Waals surface area (Å²) in [7, 11) is -3.57. The van der Waals surface area contributed by atoms with E-state index in [9.17, 15) is 13.2 Å². The molecule has 8 nitrogen and oxygen atoms in total. The minimum Gasteiger partial charge on any atom is -0.494 e. The molecule has 33 heavy (non-hydrogen) atoms. The Morgan fingerprint density at radius 3 is 2.70 bits per heavy atom. The molecule has 0 bridgehead atoms. The van der Waals surface area contributed by atoms with Gasteiger partial charge in [0.1, 0.15) is 5.75 Å². The minimum absolute atomic E-state index is 0.0196. The van der Waals surface area contributed by atoms with Crippen molar-refractivity contribution in [2.75, 3.05) is 57.2 Å². The summed E-state index contributed by atoms with van der Waals surface area (Å²) < 4.78 is 36.6. The Bertz CT molecular complexity index is 1240. The molecule has 3 aromatic rings. The number of amides is 1. The fourth-order valence-electron chi connectivity index (χ4n) is 3.73. The lowest BCUT2D eigenvalue weighted by Crippen LogP contribution is -2.43. The lowest BCUT2D eigenvalue weighted by Gasteiger charge is -2.29. The predicted molar refractivity (Wildman–Crippen MR) is 129 cm³/mol. The molecule has 0 N–H and O–H groups in total. The van der Waals surface area contributed by atoms with Crippen LogP contribution in [0.4, 0.5) is 5.13 Å². The summed E-state index contributed by atoms with van der Waals surface area (Å²) in [4.78, 5) is 22.2. The molecule has 1 saturated heterocycles. The van der Waals surface area contributed by atoms with Gasteiger partial charge in [-0.3, -0.25) is 14.6 Å². The number of fused-ring (bicyclic) bond motifs is 1. The van der Waals surface area contributed by atoms with Crippen molar-refractivity contribution in [3.63, 3.8) is 0 Å². The molecule has 0 atom stereocenters. The van der Waals surface area contributed by atoms with Crippen molar-refractivity contribution in [2.45, 2.75) is 11.8 Å². The predicted octanol–water partition coefficient (Wildman–Crippen LogP) is 3.08. The van der Waals surface area contributed by atoms with Gasteiger partial charge in [-0.1, -0.05) is 23.5 Å². The van der Waals surface area contributed by atoms with Gasteiger partial charge in [0, 0.05) is 32.4 Å². The molecule has 1 amide bonds. The second-order valence-electron chi connectivity index (χ2n) is 7.74. The summed E-state index contributed by atoms with van der Waals surface area (Å²) >= 11 is 1.39. The molecule has 176 valence electrons. The minimum atomic E-state index is -3.57. The van der Waals surface area contributed by atoms with Crippen molar-refractivity contribution in [1.82, 2.24) is 9.88 Å². The molecule has 1 aromatic heterocycles. The molecule has 4 rings (SSSR count). The third-order valence-corrected chi connectivity index (χ3v) is 7.59. The summed E-state index contributed by atoms with van der Waals surface area (Å²) in [6.07, 6.45) is 1.12. The van der Waals surface area contributed by atoms with Gasteiger partial charge in [-0.05, 0) is 37.3 Å². The van der Waals surface area contributed by atoms with E-state index in [-0.39, 0.29) is 16.4 Å². The number of sulfone groups is 1. The Morgan fingerprint density at radius 1 is 1.21 bits per heavy atom. The zero-order valence-electron chi connectivity index (χ0n) is 18.7. The fraction of sp³-hybridized carbons (Fsp3) is 0.391. The van der Waals surface area contributed by atoms with E-state index in [1.165, 1.54) is 17.4 Å². The topological polar surface area (TPSA) is 89.0 Å². The first-order valence-electron chi connectivity index (χ1n) is 10.8. The first-order valence-corrected chi connectivity index (χ1v) is 13.5. The van der Waals surface area contributed by atoms with Crippen LogP contribution in [0.1, 0.15) is 17.3 Å². The molecule has 1 aliphatic rings. The van der Waals surface area contributed by atoms with Crippen LogP contribution in [0.3, 0.4) is 0 Å². The first kappa shape index (κ1) is 23.6. The van der Waals surface area contributed by atoms with Gasteiger partial charge in [0.25, 0.3) is 5.91 Å². The molecule has 10 heteroatoms. The van der Waals surface area contributed by atoms with Gasteiger partial charge in [-0.15, -0.1) is 0 Å². The maximum atomic E-state index is 13.7. The maximum absolute atomic E-state index is 13.7. The number of benzene rings is 2. The molecule has 2 aromatic carbocycles. The van der Waals surface area contributed by atoms with Crippen LogP contribution in [0.5, 0.6) is 5.75 Å². The highest BCUT2D eigenvalue weighted by Gasteiger charge is 2.27. The van der Waals surface area contributed by atoms with E-state index in [1.807, 2.05) is 25.1 Å². The number of carbonyl (C=O) groups is 1. The van der Waals surface area contributed by atoms with Crippen LogP contribution in [0.15, 0.2) is 47.4 Å². The van der Waals surface area contributed by atoms with Gasteiger partial charge in [0.15, 0.2) is 15.0 Å². The van der Waals surface area contributed by atoms with Gasteiger partial charge in [0.05, 0.1) is 40.5 Å². The standard InChI is InChI=1S/C23H27N3O5S2/c1-3-31-17-8-9-19-20(16-17)32-23(24-19)26(11-10-25-12-14-30-15-13-25)22(27)18-6-4-5-7-21(18)33(2,28)29/h4-9,16H,3,10-15H2,1-2H3. The van der Waals surface area contributed by atoms with E-state index in [4.69, 9.17) is 14.5 Å². The fourth-order valence-corrected chi connectivity index (χ4v) is 5.63. The molecule has 2 heterocycles. The van der Waals surface area contributed by atoms with Gasteiger partial charge in [-0.2, -0.15) is 0 Å². The van der Waals surface area contributed by atoms with Crippen molar-refractivity contribution in [3.8, 4) is 5.75 Å². The number of hydrogen-bond donors (Lipinski definition) is 0. The zero-order valence-corrected chi connectivity index (χ0v) is 20.3. The Balaban J connectivity index is 1.70. The van der Waals surface area contributed by atoms with E-state index >= 15 is 0 Å². The van der Waals surface area contributed by atoms with Crippen LogP contribution in [0.25, 0.3) is 10.2 Å². The van der Waals surface area contributed by atoms with E-state index in [0.29, 0.717) is 38.0 Å². The van der Waals surface area contributed by atoms with Crippen LogP contribution in [-0.4, -0.2) is 76.5 Å². The van der Waals surface area contributed by atoms with Crippen LogP contribution < -0.4 is 9.64 Å². The van der Waals surface area contributed by atoms with Crippen molar-refractivity contribution in [2.24, 2.45) is 0 Å². The number of rotatable bonds is 8. The first-order chi connectivity index (χ1) is 15.9. The SMILES string of the molecule is CCOc1ccc2nc(N(CCN3CCOCC3)C(=O)c3ccccc3S(C)(=O)=O)sc2c1. The molecule has 1 aliphatic heterocycles. The number of aromatic nitrogens is 1. The third kappa shape index (κ3) is 5.52. The van der Waals surface area contributed by atoms with Gasteiger partial charge in [-0.25, -0.2) is 13.4 Å². The van der Waals surface area contributed by atoms with Crippen LogP contribution in [0, 0.1) is 0 Å². The van der Waals surface area contributed by atoms with Crippen LogP contribution in [-0.2, 0) is 14.6 Å². The van der Waals surface area contributed by atoms with Crippen molar-refractivity contribution in [1.29, 1.82) is 0 Å². The largest absolute Gasteiger partial charge is 0.494 e. The van der Waals surface area contributed by atoms with Crippen LogP contribution in [0.2, 0.25) is 0 Å². The van der Waals surface area contributed by atoms with Gasteiger partial charge in [0.2, 0.25) is 0 Å². The Hall–Kier alpha value is -2.53. The van der Waals surface area contributed by atoms with Gasteiger partial charge >= 0.3 is 0 Å². The Morgan fingerprint density at radius 2 is 1.97 bits per heavy atom. The molecule has 0 spiro atoms. The molecule has 0 unspecified atom stereocenters. The number of nitrogens with zero attached hydrogens (tertiary/aromatic N) is 3. The quantitative estimate of drug-likeness (QED) is 0.480. The average Bonchev–Trinajstić information content (AvgIpc) is 3.22. The highest BCUT2D eigenvalue weighted by atomic mass is 32.2. The number of thiazole rings is 1. The average molecular weight is 490 g/mol. The zero-order chi connectivity index (χ0) is 23.4. The highest BCUT2D eigenvalue weighted by Crippen LogP contribution is 2.33. The van der Waals surface area contributed by atoms with Crippen molar-refractivity contribution < 1.29 is 22.7 Å². The maximum Gasteiger partial charge on any atom is 0.261 e. The summed E-state index contributed by atoms with van der Waals surface area (Å²) in [6, 6.07) is 12.0. The number of anilines is 1. The Labute approximate surface area is 197 Å². The van der Waals surface area contributed by atoms with Crippen molar-refractivity contribution >= 4 is 42.4 Å². The molecular formula is C23H27N3O5S2. The molecule has 0 radical (unpaired) electrons. The number of carbonyl (C=O) groups excluding carboxylic acids is 1. The molecular weight excluding hydrogens is 462 g/mol. The smallest absolute Gasteiger partial charge is 0.261 e. The summed E-state index contributed by atoms with van der Waals surface area (Å²) in [5.74, 6) is 0.363. The number of hydrogen-bond acceptors (Lipinski definition) is 8. The van der Waals surface area contributed by atoms with E-state index in [0.717, 1.165) is 35.3 Å². The van der Waals surface area contributed by atoms with E-state index in [2.05, 4.69) is 4.90 Å². The summed E-state index contributed by atoms with van der Waals surface area (Å²) in [6.45, 7) is 6.40. The molecule has 1 fully saturated rings. The van der Waals surface area contributed by atoms with E-state index in [1.54, 1.807) is 23.1 Å².